The van der Waals surface area contributed by atoms with Gasteiger partial charge in [0.1, 0.15) is 5.75 Å². The summed E-state index contributed by atoms with van der Waals surface area (Å²) in [5.74, 6) is -0.377. The molecule has 3 rings (SSSR count). The van der Waals surface area contributed by atoms with Gasteiger partial charge in [-0.3, -0.25) is 4.68 Å². The largest absolute Gasteiger partial charge is 0.534 e. The number of aromatic nitrogens is 2. The Morgan fingerprint density at radius 2 is 1.81 bits per heavy atom. The quantitative estimate of drug-likeness (QED) is 0.461. The van der Waals surface area contributed by atoms with Gasteiger partial charge in [-0.2, -0.15) is 21.6 Å². The van der Waals surface area contributed by atoms with Gasteiger partial charge in [-0.25, -0.2) is 0 Å². The molecule has 0 unspecified atom stereocenters. The number of ether oxygens (including phenoxy) is 1. The normalized spacial score (nSPS) is 12.3. The van der Waals surface area contributed by atoms with E-state index in [1.165, 1.54) is 17.9 Å². The van der Waals surface area contributed by atoms with Crippen molar-refractivity contribution in [3.63, 3.8) is 0 Å². The Labute approximate surface area is 157 Å². The molecule has 0 fully saturated rings. The van der Waals surface area contributed by atoms with Crippen LogP contribution in [0.4, 0.5) is 13.2 Å². The molecular weight excluding hydrogens is 409 g/mol. The molecule has 11 heteroatoms. The molecule has 1 aromatic heterocycles. The first-order valence-corrected chi connectivity index (χ1v) is 9.19. The molecule has 0 aliphatic heterocycles. The lowest BCUT2D eigenvalue weighted by Gasteiger charge is -2.07. The minimum absolute atomic E-state index is 0.0659. The fourth-order valence-corrected chi connectivity index (χ4v) is 2.90. The number of benzene rings is 2. The van der Waals surface area contributed by atoms with Crippen molar-refractivity contribution < 1.29 is 30.5 Å². The van der Waals surface area contributed by atoms with Gasteiger partial charge in [-0.05, 0) is 35.9 Å². The van der Waals surface area contributed by atoms with Crippen LogP contribution in [0.25, 0.3) is 10.9 Å². The minimum Gasteiger partial charge on any atom is -0.497 e. The van der Waals surface area contributed by atoms with E-state index in [1.54, 1.807) is 36.4 Å². The van der Waals surface area contributed by atoms with Crippen LogP contribution in [-0.4, -0.2) is 30.8 Å². The van der Waals surface area contributed by atoms with Crippen LogP contribution in [-0.2, 0) is 16.7 Å². The summed E-state index contributed by atoms with van der Waals surface area (Å²) in [6.07, 6.45) is 0. The fourth-order valence-electron chi connectivity index (χ4n) is 2.35. The van der Waals surface area contributed by atoms with Crippen molar-refractivity contribution in [2.75, 3.05) is 7.11 Å². The highest BCUT2D eigenvalue weighted by molar-refractivity contribution is 7.88. The molecule has 0 atom stereocenters. The lowest BCUT2D eigenvalue weighted by atomic mass is 10.2. The zero-order valence-electron chi connectivity index (χ0n) is 13.7. The first-order chi connectivity index (χ1) is 12.6. The Balaban J connectivity index is 2.08. The van der Waals surface area contributed by atoms with E-state index >= 15 is 0 Å². The van der Waals surface area contributed by atoms with E-state index < -0.39 is 21.5 Å². The van der Waals surface area contributed by atoms with Gasteiger partial charge in [0.05, 0.1) is 24.6 Å². The fraction of sp³-hybridized carbons (Fsp3) is 0.188. The maximum absolute atomic E-state index is 12.7. The van der Waals surface area contributed by atoms with Crippen molar-refractivity contribution in [2.24, 2.45) is 0 Å². The molecule has 0 saturated heterocycles. The molecule has 2 aromatic carbocycles. The Kier molecular flexibility index (Phi) is 4.96. The zero-order valence-corrected chi connectivity index (χ0v) is 15.3. The highest BCUT2D eigenvalue weighted by Gasteiger charge is 2.49. The summed E-state index contributed by atoms with van der Waals surface area (Å²) in [5, 5.41) is 4.50. The number of halogens is 4. The first kappa shape index (κ1) is 19.3. The lowest BCUT2D eigenvalue weighted by Crippen LogP contribution is -2.28. The van der Waals surface area contributed by atoms with Crippen LogP contribution in [0.15, 0.2) is 42.5 Å². The molecule has 0 aliphatic rings. The standard InChI is InChI=1S/C16H12ClF3N2O4S/c1-25-12-6-7-14-13(8-12)15(26-27(23,24)16(18,19)20)21-22(14)9-10-2-4-11(17)5-3-10/h2-8H,9H2,1H3. The van der Waals surface area contributed by atoms with Crippen LogP contribution in [0, 0.1) is 0 Å². The van der Waals surface area contributed by atoms with E-state index in [-0.39, 0.29) is 11.9 Å². The predicted molar refractivity (Wildman–Crippen MR) is 92.4 cm³/mol. The molecular formula is C16H12ClF3N2O4S. The number of methoxy groups -OCH3 is 1. The highest BCUT2D eigenvalue weighted by atomic mass is 35.5. The monoisotopic (exact) mass is 420 g/mol. The third kappa shape index (κ3) is 3.96. The Morgan fingerprint density at radius 1 is 1.15 bits per heavy atom. The van der Waals surface area contributed by atoms with Crippen molar-refractivity contribution in [2.45, 2.75) is 12.1 Å². The van der Waals surface area contributed by atoms with Crippen molar-refractivity contribution in [3.05, 3.63) is 53.1 Å². The number of fused-ring (bicyclic) bond motifs is 1. The Morgan fingerprint density at radius 3 is 2.41 bits per heavy atom. The highest BCUT2D eigenvalue weighted by Crippen LogP contribution is 2.33. The van der Waals surface area contributed by atoms with Crippen molar-refractivity contribution in [1.82, 2.24) is 9.78 Å². The number of nitrogens with zero attached hydrogens (tertiary/aromatic N) is 2. The molecule has 0 bridgehead atoms. The van der Waals surface area contributed by atoms with Gasteiger partial charge in [-0.15, -0.1) is 5.10 Å². The molecule has 0 amide bonds. The molecule has 0 saturated carbocycles. The number of hydrogen-bond donors (Lipinski definition) is 0. The molecule has 0 N–H and O–H groups in total. The van der Waals surface area contributed by atoms with Crippen LogP contribution >= 0.6 is 11.6 Å². The smallest absolute Gasteiger partial charge is 0.497 e. The summed E-state index contributed by atoms with van der Waals surface area (Å²) in [4.78, 5) is 0. The van der Waals surface area contributed by atoms with E-state index in [2.05, 4.69) is 9.28 Å². The van der Waals surface area contributed by atoms with Gasteiger partial charge in [-0.1, -0.05) is 23.7 Å². The van der Waals surface area contributed by atoms with Crippen LogP contribution in [0.1, 0.15) is 5.56 Å². The van der Waals surface area contributed by atoms with Gasteiger partial charge in [0.15, 0.2) is 0 Å². The molecule has 0 radical (unpaired) electrons. The topological polar surface area (TPSA) is 70.4 Å². The van der Waals surface area contributed by atoms with Crippen LogP contribution in [0.3, 0.4) is 0 Å². The predicted octanol–water partition coefficient (Wildman–Crippen LogP) is 3.98. The first-order valence-electron chi connectivity index (χ1n) is 7.40. The van der Waals surface area contributed by atoms with Crippen molar-refractivity contribution in [3.8, 4) is 11.6 Å². The van der Waals surface area contributed by atoms with Gasteiger partial charge >= 0.3 is 15.6 Å². The van der Waals surface area contributed by atoms with Gasteiger partial charge < -0.3 is 8.92 Å². The van der Waals surface area contributed by atoms with Crippen LogP contribution < -0.4 is 8.92 Å². The summed E-state index contributed by atoms with van der Waals surface area (Å²) in [5.41, 5.74) is -4.44. The van der Waals surface area contributed by atoms with E-state index in [4.69, 9.17) is 16.3 Å². The molecule has 1 heterocycles. The van der Waals surface area contributed by atoms with E-state index in [0.717, 1.165) is 5.56 Å². The molecule has 27 heavy (non-hydrogen) atoms. The molecule has 0 aliphatic carbocycles. The second-order valence-electron chi connectivity index (χ2n) is 5.46. The van der Waals surface area contributed by atoms with Crippen LogP contribution in [0.2, 0.25) is 5.02 Å². The molecule has 6 nitrogen and oxygen atoms in total. The van der Waals surface area contributed by atoms with Gasteiger partial charge in [0.2, 0.25) is 0 Å². The summed E-state index contributed by atoms with van der Waals surface area (Å²) >= 11 is 5.83. The number of hydrogen-bond acceptors (Lipinski definition) is 5. The molecule has 144 valence electrons. The second kappa shape index (κ2) is 6.93. The summed E-state index contributed by atoms with van der Waals surface area (Å²) < 4.78 is 71.4. The summed E-state index contributed by atoms with van der Waals surface area (Å²) in [6.45, 7) is 0.162. The second-order valence-corrected chi connectivity index (χ2v) is 7.43. The third-order valence-electron chi connectivity index (χ3n) is 3.64. The minimum atomic E-state index is -5.86. The average Bonchev–Trinajstić information content (AvgIpc) is 2.92. The Bertz CT molecular complexity index is 1080. The van der Waals surface area contributed by atoms with Gasteiger partial charge in [0, 0.05) is 5.02 Å². The lowest BCUT2D eigenvalue weighted by molar-refractivity contribution is -0.0501. The molecule has 3 aromatic rings. The Hall–Kier alpha value is -2.46. The maximum atomic E-state index is 12.7. The summed E-state index contributed by atoms with van der Waals surface area (Å²) in [6, 6.07) is 11.2. The zero-order chi connectivity index (χ0) is 19.8. The van der Waals surface area contributed by atoms with E-state index in [0.29, 0.717) is 16.3 Å². The average molecular weight is 421 g/mol. The third-order valence-corrected chi connectivity index (χ3v) is 4.84. The van der Waals surface area contributed by atoms with Gasteiger partial charge in [0.25, 0.3) is 5.88 Å². The number of rotatable bonds is 5. The van der Waals surface area contributed by atoms with Crippen molar-refractivity contribution >= 4 is 32.6 Å². The van der Waals surface area contributed by atoms with E-state index in [1.807, 2.05) is 0 Å². The summed E-state index contributed by atoms with van der Waals surface area (Å²) in [7, 11) is -4.49. The van der Waals surface area contributed by atoms with Crippen LogP contribution in [0.5, 0.6) is 11.6 Å². The maximum Gasteiger partial charge on any atom is 0.534 e. The van der Waals surface area contributed by atoms with Crippen molar-refractivity contribution in [1.29, 1.82) is 0 Å². The SMILES string of the molecule is COc1ccc2c(c1)c(OS(=O)(=O)C(F)(F)F)nn2Cc1ccc(Cl)cc1. The molecule has 0 spiro atoms. The van der Waals surface area contributed by atoms with E-state index in [9.17, 15) is 21.6 Å². The number of alkyl halides is 3.